The second-order valence-corrected chi connectivity index (χ2v) is 7.11. The zero-order valence-electron chi connectivity index (χ0n) is 15.7. The molecular weight excluding hydrogens is 344 g/mol. The molecule has 1 aliphatic heterocycles. The molecule has 1 atom stereocenters. The van der Waals surface area contributed by atoms with E-state index < -0.39 is 0 Å². The van der Waals surface area contributed by atoms with Crippen LogP contribution < -0.4 is 0 Å². The van der Waals surface area contributed by atoms with Crippen molar-refractivity contribution in [3.63, 3.8) is 0 Å². The Bertz CT molecular complexity index is 957. The summed E-state index contributed by atoms with van der Waals surface area (Å²) < 4.78 is 6.89. The van der Waals surface area contributed by atoms with Gasteiger partial charge in [0.15, 0.2) is 0 Å². The van der Waals surface area contributed by atoms with E-state index >= 15 is 0 Å². The molecule has 0 bridgehead atoms. The van der Waals surface area contributed by atoms with Crippen LogP contribution >= 0.6 is 0 Å². The normalized spacial score (nSPS) is 16.9. The van der Waals surface area contributed by atoms with Crippen molar-refractivity contribution in [2.24, 2.45) is 13.0 Å². The predicted molar refractivity (Wildman–Crippen MR) is 97.9 cm³/mol. The van der Waals surface area contributed by atoms with E-state index in [0.29, 0.717) is 11.5 Å². The molecule has 0 radical (unpaired) electrons. The number of aromatic nitrogens is 5. The van der Waals surface area contributed by atoms with Crippen molar-refractivity contribution in [2.75, 3.05) is 13.1 Å². The van der Waals surface area contributed by atoms with Gasteiger partial charge in [-0.25, -0.2) is 4.98 Å². The first-order valence-electron chi connectivity index (χ1n) is 9.03. The van der Waals surface area contributed by atoms with Gasteiger partial charge in [0.05, 0.1) is 40.6 Å². The lowest BCUT2D eigenvalue weighted by Crippen LogP contribution is -2.28. The van der Waals surface area contributed by atoms with Crippen molar-refractivity contribution in [2.45, 2.75) is 26.7 Å². The second-order valence-electron chi connectivity index (χ2n) is 7.11. The lowest BCUT2D eigenvalue weighted by molar-refractivity contribution is 0.0787. The summed E-state index contributed by atoms with van der Waals surface area (Å²) in [6.45, 7) is 5.27. The van der Waals surface area contributed by atoms with E-state index in [-0.39, 0.29) is 5.91 Å². The monoisotopic (exact) mass is 366 g/mol. The molecule has 0 aromatic carbocycles. The van der Waals surface area contributed by atoms with E-state index in [9.17, 15) is 4.79 Å². The molecule has 0 saturated carbocycles. The Labute approximate surface area is 157 Å². The summed E-state index contributed by atoms with van der Waals surface area (Å²) in [5.41, 5.74) is 4.06. The third-order valence-electron chi connectivity index (χ3n) is 5.00. The molecule has 8 nitrogen and oxygen atoms in total. The van der Waals surface area contributed by atoms with Gasteiger partial charge in [-0.3, -0.25) is 14.5 Å². The molecule has 27 heavy (non-hydrogen) atoms. The quantitative estimate of drug-likeness (QED) is 0.703. The van der Waals surface area contributed by atoms with Crippen LogP contribution in [0.2, 0.25) is 0 Å². The van der Waals surface area contributed by atoms with Gasteiger partial charge in [0.1, 0.15) is 5.76 Å². The maximum absolute atomic E-state index is 12.6. The molecule has 4 heterocycles. The van der Waals surface area contributed by atoms with Crippen LogP contribution in [0.3, 0.4) is 0 Å². The van der Waals surface area contributed by atoms with Crippen molar-refractivity contribution in [3.05, 3.63) is 47.5 Å². The Morgan fingerprint density at radius 2 is 2.15 bits per heavy atom. The Morgan fingerprint density at radius 3 is 2.85 bits per heavy atom. The van der Waals surface area contributed by atoms with Crippen LogP contribution in [0, 0.1) is 19.8 Å². The molecule has 1 amide bonds. The van der Waals surface area contributed by atoms with E-state index in [2.05, 4.69) is 15.2 Å². The molecular formula is C19H22N6O2. The molecule has 1 fully saturated rings. The highest BCUT2D eigenvalue weighted by atomic mass is 16.5. The number of likely N-dealkylation sites (tertiary alicyclic amines) is 1. The Morgan fingerprint density at radius 1 is 1.30 bits per heavy atom. The highest BCUT2D eigenvalue weighted by Crippen LogP contribution is 2.26. The zero-order chi connectivity index (χ0) is 19.0. The van der Waals surface area contributed by atoms with Crippen LogP contribution in [0.1, 0.15) is 33.9 Å². The van der Waals surface area contributed by atoms with Crippen LogP contribution in [0.5, 0.6) is 0 Å². The highest BCUT2D eigenvalue weighted by molar-refractivity contribution is 5.93. The molecule has 1 saturated heterocycles. The first-order chi connectivity index (χ1) is 13.0. The predicted octanol–water partition coefficient (Wildman–Crippen LogP) is 2.19. The summed E-state index contributed by atoms with van der Waals surface area (Å²) in [6.07, 6.45) is 8.67. The maximum Gasteiger partial charge on any atom is 0.257 e. The number of amides is 1. The van der Waals surface area contributed by atoms with Crippen LogP contribution in [-0.4, -0.2) is 48.8 Å². The van der Waals surface area contributed by atoms with Crippen molar-refractivity contribution in [3.8, 4) is 11.3 Å². The van der Waals surface area contributed by atoms with Gasteiger partial charge in [0.2, 0.25) is 0 Å². The number of hydrogen-bond acceptors (Lipinski definition) is 6. The lowest BCUT2D eigenvalue weighted by Gasteiger charge is -2.15. The van der Waals surface area contributed by atoms with Crippen molar-refractivity contribution < 1.29 is 9.32 Å². The van der Waals surface area contributed by atoms with Gasteiger partial charge in [-0.15, -0.1) is 0 Å². The molecule has 4 rings (SSSR count). The fourth-order valence-corrected chi connectivity index (χ4v) is 3.67. The van der Waals surface area contributed by atoms with Crippen molar-refractivity contribution in [1.29, 1.82) is 0 Å². The molecule has 140 valence electrons. The number of rotatable bonds is 4. The largest absolute Gasteiger partial charge is 0.361 e. The number of aryl methyl sites for hydroxylation is 3. The molecule has 3 aromatic rings. The van der Waals surface area contributed by atoms with Crippen LogP contribution in [0.25, 0.3) is 11.3 Å². The molecule has 1 unspecified atom stereocenters. The van der Waals surface area contributed by atoms with Crippen molar-refractivity contribution >= 4 is 5.91 Å². The van der Waals surface area contributed by atoms with E-state index in [1.54, 1.807) is 29.5 Å². The van der Waals surface area contributed by atoms with Gasteiger partial charge in [-0.05, 0) is 32.6 Å². The van der Waals surface area contributed by atoms with Crippen LogP contribution in [-0.2, 0) is 13.5 Å². The summed E-state index contributed by atoms with van der Waals surface area (Å²) >= 11 is 0. The molecule has 8 heteroatoms. The fourth-order valence-electron chi connectivity index (χ4n) is 3.67. The third kappa shape index (κ3) is 3.47. The number of hydrogen-bond donors (Lipinski definition) is 0. The molecule has 0 N–H and O–H groups in total. The van der Waals surface area contributed by atoms with Crippen LogP contribution in [0.4, 0.5) is 0 Å². The third-order valence-corrected chi connectivity index (χ3v) is 5.00. The number of carbonyl (C=O) groups is 1. The summed E-state index contributed by atoms with van der Waals surface area (Å²) in [4.78, 5) is 23.6. The lowest BCUT2D eigenvalue weighted by atomic mass is 10.0. The van der Waals surface area contributed by atoms with Gasteiger partial charge in [0.25, 0.3) is 5.91 Å². The van der Waals surface area contributed by atoms with E-state index in [4.69, 9.17) is 9.51 Å². The first kappa shape index (κ1) is 17.4. The minimum absolute atomic E-state index is 0.0427. The minimum atomic E-state index is 0.0427. The van der Waals surface area contributed by atoms with E-state index in [0.717, 1.165) is 54.3 Å². The van der Waals surface area contributed by atoms with Gasteiger partial charge in [-0.1, -0.05) is 5.16 Å². The zero-order valence-corrected chi connectivity index (χ0v) is 15.7. The van der Waals surface area contributed by atoms with Crippen LogP contribution in [0.15, 0.2) is 29.3 Å². The molecule has 1 aliphatic rings. The Balaban J connectivity index is 1.45. The Hall–Kier alpha value is -3.03. The van der Waals surface area contributed by atoms with E-state index in [1.165, 1.54) is 0 Å². The molecule has 3 aromatic heterocycles. The highest BCUT2D eigenvalue weighted by Gasteiger charge is 2.28. The van der Waals surface area contributed by atoms with Gasteiger partial charge >= 0.3 is 0 Å². The average Bonchev–Trinajstić information content (AvgIpc) is 3.36. The standard InChI is InChI=1S/C19H22N6O2/c1-12-18(13(2)27-23-12)17-9-20-8-16(22-17)6-14-4-5-25(10-14)19(26)15-7-21-24(3)11-15/h7-9,11,14H,4-6,10H2,1-3H3. The maximum atomic E-state index is 12.6. The van der Waals surface area contributed by atoms with Gasteiger partial charge < -0.3 is 9.42 Å². The van der Waals surface area contributed by atoms with Gasteiger partial charge in [0, 0.05) is 32.5 Å². The number of nitrogens with zero attached hydrogens (tertiary/aromatic N) is 6. The first-order valence-corrected chi connectivity index (χ1v) is 9.03. The summed E-state index contributed by atoms with van der Waals surface area (Å²) in [5, 5.41) is 8.07. The smallest absolute Gasteiger partial charge is 0.257 e. The van der Waals surface area contributed by atoms with E-state index in [1.807, 2.05) is 25.8 Å². The second kappa shape index (κ2) is 6.94. The molecule has 0 spiro atoms. The number of carbonyl (C=O) groups excluding carboxylic acids is 1. The summed E-state index contributed by atoms with van der Waals surface area (Å²) in [5.74, 6) is 1.16. The minimum Gasteiger partial charge on any atom is -0.361 e. The molecule has 0 aliphatic carbocycles. The SMILES string of the molecule is Cc1noc(C)c1-c1cncc(CC2CCN(C(=O)c3cnn(C)c3)C2)n1. The van der Waals surface area contributed by atoms with Gasteiger partial charge in [-0.2, -0.15) is 5.10 Å². The fraction of sp³-hybridized carbons (Fsp3) is 0.421. The average molecular weight is 366 g/mol. The summed E-state index contributed by atoms with van der Waals surface area (Å²) in [6, 6.07) is 0. The Kier molecular flexibility index (Phi) is 4.47. The van der Waals surface area contributed by atoms with Crippen molar-refractivity contribution in [1.82, 2.24) is 29.8 Å². The summed E-state index contributed by atoms with van der Waals surface area (Å²) in [7, 11) is 1.81. The topological polar surface area (TPSA) is 89.9 Å².